The summed E-state index contributed by atoms with van der Waals surface area (Å²) in [5, 5.41) is 0.461. The largest absolute Gasteiger partial charge is 0.492 e. The SMILES string of the molecule is Cc1ccc(OCCn2cnc3sc(C(=O)OCCc4ccccc4)c(C)c3c2=O)cc1. The van der Waals surface area contributed by atoms with Crippen LogP contribution in [0.5, 0.6) is 5.75 Å². The van der Waals surface area contributed by atoms with E-state index < -0.39 is 5.97 Å². The fourth-order valence-corrected chi connectivity index (χ4v) is 4.41. The van der Waals surface area contributed by atoms with Crippen molar-refractivity contribution in [3.05, 3.63) is 92.8 Å². The molecule has 0 amide bonds. The summed E-state index contributed by atoms with van der Waals surface area (Å²) in [5.74, 6) is 0.333. The molecule has 0 fully saturated rings. The summed E-state index contributed by atoms with van der Waals surface area (Å²) in [6.07, 6.45) is 2.15. The van der Waals surface area contributed by atoms with Gasteiger partial charge in [0.05, 0.1) is 24.9 Å². The Labute approximate surface area is 190 Å². The first-order valence-electron chi connectivity index (χ1n) is 10.4. The van der Waals surface area contributed by atoms with Gasteiger partial charge >= 0.3 is 5.97 Å². The standard InChI is InChI=1S/C25H24N2O4S/c1-17-8-10-20(11-9-17)30-15-13-27-16-26-23-21(24(27)28)18(2)22(32-23)25(29)31-14-12-19-6-4-3-5-7-19/h3-11,16H,12-15H2,1-2H3. The highest BCUT2D eigenvalue weighted by molar-refractivity contribution is 7.20. The van der Waals surface area contributed by atoms with Crippen LogP contribution in [0.1, 0.15) is 26.4 Å². The summed E-state index contributed by atoms with van der Waals surface area (Å²) in [4.78, 5) is 31.0. The van der Waals surface area contributed by atoms with Crippen molar-refractivity contribution in [2.45, 2.75) is 26.8 Å². The van der Waals surface area contributed by atoms with Crippen molar-refractivity contribution in [2.24, 2.45) is 0 Å². The third-order valence-electron chi connectivity index (χ3n) is 5.19. The van der Waals surface area contributed by atoms with Gasteiger partial charge < -0.3 is 9.47 Å². The Morgan fingerprint density at radius 2 is 1.78 bits per heavy atom. The molecule has 2 heterocycles. The quantitative estimate of drug-likeness (QED) is 0.370. The van der Waals surface area contributed by atoms with Crippen LogP contribution in [-0.2, 0) is 17.7 Å². The highest BCUT2D eigenvalue weighted by atomic mass is 32.1. The lowest BCUT2D eigenvalue weighted by molar-refractivity contribution is 0.0514. The number of ether oxygens (including phenoxy) is 2. The molecule has 0 N–H and O–H groups in total. The van der Waals surface area contributed by atoms with Crippen LogP contribution >= 0.6 is 11.3 Å². The zero-order valence-corrected chi connectivity index (χ0v) is 18.9. The smallest absolute Gasteiger partial charge is 0.348 e. The number of aryl methyl sites for hydroxylation is 2. The van der Waals surface area contributed by atoms with Gasteiger partial charge in [-0.05, 0) is 37.1 Å². The second-order valence-corrected chi connectivity index (χ2v) is 8.51. The van der Waals surface area contributed by atoms with E-state index in [0.29, 0.717) is 40.2 Å². The molecule has 164 valence electrons. The number of aromatic nitrogens is 2. The third-order valence-corrected chi connectivity index (χ3v) is 6.37. The predicted molar refractivity (Wildman–Crippen MR) is 126 cm³/mol. The van der Waals surface area contributed by atoms with Crippen molar-refractivity contribution < 1.29 is 14.3 Å². The number of carbonyl (C=O) groups excluding carboxylic acids is 1. The van der Waals surface area contributed by atoms with Crippen molar-refractivity contribution in [1.29, 1.82) is 0 Å². The highest BCUT2D eigenvalue weighted by Gasteiger charge is 2.20. The minimum Gasteiger partial charge on any atom is -0.492 e. The summed E-state index contributed by atoms with van der Waals surface area (Å²) < 4.78 is 12.7. The van der Waals surface area contributed by atoms with Gasteiger partial charge in [0, 0.05) is 6.42 Å². The van der Waals surface area contributed by atoms with Crippen LogP contribution in [0, 0.1) is 13.8 Å². The molecule has 0 atom stereocenters. The van der Waals surface area contributed by atoms with Crippen molar-refractivity contribution in [3.63, 3.8) is 0 Å². The number of hydrogen-bond donors (Lipinski definition) is 0. The van der Waals surface area contributed by atoms with E-state index in [-0.39, 0.29) is 12.2 Å². The zero-order valence-electron chi connectivity index (χ0n) is 18.0. The lowest BCUT2D eigenvalue weighted by Gasteiger charge is -2.08. The molecule has 2 aromatic heterocycles. The van der Waals surface area contributed by atoms with Crippen molar-refractivity contribution in [1.82, 2.24) is 9.55 Å². The number of benzene rings is 2. The van der Waals surface area contributed by atoms with Crippen molar-refractivity contribution >= 4 is 27.5 Å². The van der Waals surface area contributed by atoms with Crippen LogP contribution in [0.4, 0.5) is 0 Å². The van der Waals surface area contributed by atoms with Crippen molar-refractivity contribution in [2.75, 3.05) is 13.2 Å². The van der Waals surface area contributed by atoms with Gasteiger partial charge in [-0.3, -0.25) is 9.36 Å². The number of esters is 1. The van der Waals surface area contributed by atoms with Gasteiger partial charge in [-0.25, -0.2) is 9.78 Å². The Morgan fingerprint density at radius 1 is 1.03 bits per heavy atom. The van der Waals surface area contributed by atoms with Gasteiger partial charge in [0.15, 0.2) is 0 Å². The zero-order chi connectivity index (χ0) is 22.5. The van der Waals surface area contributed by atoms with Crippen LogP contribution in [0.15, 0.2) is 65.7 Å². The molecule has 0 unspecified atom stereocenters. The molecule has 4 rings (SSSR count). The first-order valence-corrected chi connectivity index (χ1v) is 11.2. The molecule has 6 nitrogen and oxygen atoms in total. The number of fused-ring (bicyclic) bond motifs is 1. The average Bonchev–Trinajstić information content (AvgIpc) is 3.14. The van der Waals surface area contributed by atoms with Crippen LogP contribution in [0.25, 0.3) is 10.2 Å². The van der Waals surface area contributed by atoms with E-state index in [2.05, 4.69) is 4.98 Å². The molecule has 0 spiro atoms. The van der Waals surface area contributed by atoms with Gasteiger partial charge in [-0.15, -0.1) is 11.3 Å². The van der Waals surface area contributed by atoms with E-state index in [1.807, 2.05) is 61.5 Å². The second kappa shape index (κ2) is 9.78. The van der Waals surface area contributed by atoms with E-state index in [1.54, 1.807) is 6.92 Å². The molecule has 2 aromatic carbocycles. The van der Waals surface area contributed by atoms with Gasteiger partial charge in [0.2, 0.25) is 0 Å². The number of rotatable bonds is 8. The van der Waals surface area contributed by atoms with Gasteiger partial charge in [0.1, 0.15) is 22.1 Å². The highest BCUT2D eigenvalue weighted by Crippen LogP contribution is 2.27. The minimum absolute atomic E-state index is 0.181. The summed E-state index contributed by atoms with van der Waals surface area (Å²) in [6.45, 7) is 4.77. The molecular weight excluding hydrogens is 424 g/mol. The van der Waals surface area contributed by atoms with E-state index in [9.17, 15) is 9.59 Å². The fourth-order valence-electron chi connectivity index (χ4n) is 3.38. The first-order chi connectivity index (χ1) is 15.5. The van der Waals surface area contributed by atoms with Crippen LogP contribution in [-0.4, -0.2) is 28.7 Å². The minimum atomic E-state index is -0.421. The Kier molecular flexibility index (Phi) is 6.66. The lowest BCUT2D eigenvalue weighted by Crippen LogP contribution is -2.23. The van der Waals surface area contributed by atoms with Gasteiger partial charge in [0.25, 0.3) is 5.56 Å². The fraction of sp³-hybridized carbons (Fsp3) is 0.240. The average molecular weight is 449 g/mol. The van der Waals surface area contributed by atoms with E-state index in [0.717, 1.165) is 16.9 Å². The number of thiophene rings is 1. The molecule has 0 bridgehead atoms. The van der Waals surface area contributed by atoms with E-state index >= 15 is 0 Å². The van der Waals surface area contributed by atoms with Crippen LogP contribution < -0.4 is 10.3 Å². The summed E-state index contributed by atoms with van der Waals surface area (Å²) in [5.41, 5.74) is 2.69. The molecule has 0 aliphatic heterocycles. The first kappa shape index (κ1) is 21.8. The Balaban J connectivity index is 1.43. The van der Waals surface area contributed by atoms with Gasteiger partial charge in [-0.2, -0.15) is 0 Å². The Hall–Kier alpha value is -3.45. The molecule has 0 radical (unpaired) electrons. The normalized spacial score (nSPS) is 10.9. The molecule has 32 heavy (non-hydrogen) atoms. The number of hydrogen-bond acceptors (Lipinski definition) is 6. The number of nitrogens with zero attached hydrogens (tertiary/aromatic N) is 2. The Morgan fingerprint density at radius 3 is 2.53 bits per heavy atom. The number of carbonyl (C=O) groups is 1. The maximum absolute atomic E-state index is 13.0. The lowest BCUT2D eigenvalue weighted by atomic mass is 10.2. The topological polar surface area (TPSA) is 70.4 Å². The van der Waals surface area contributed by atoms with E-state index in [4.69, 9.17) is 9.47 Å². The summed E-state index contributed by atoms with van der Waals surface area (Å²) >= 11 is 1.19. The van der Waals surface area contributed by atoms with Crippen LogP contribution in [0.2, 0.25) is 0 Å². The summed E-state index contributed by atoms with van der Waals surface area (Å²) in [7, 11) is 0. The van der Waals surface area contributed by atoms with Crippen LogP contribution in [0.3, 0.4) is 0 Å². The van der Waals surface area contributed by atoms with Crippen molar-refractivity contribution in [3.8, 4) is 5.75 Å². The van der Waals surface area contributed by atoms with Gasteiger partial charge in [-0.1, -0.05) is 48.0 Å². The monoisotopic (exact) mass is 448 g/mol. The maximum atomic E-state index is 13.0. The molecule has 4 aromatic rings. The third kappa shape index (κ3) is 4.89. The molecule has 0 aliphatic rings. The second-order valence-electron chi connectivity index (χ2n) is 7.51. The Bertz CT molecular complexity index is 1280. The molecule has 0 saturated carbocycles. The molecule has 0 saturated heterocycles. The molecule has 0 aliphatic carbocycles. The maximum Gasteiger partial charge on any atom is 0.348 e. The molecular formula is C25H24N2O4S. The summed E-state index contributed by atoms with van der Waals surface area (Å²) in [6, 6.07) is 17.6. The molecule has 7 heteroatoms. The predicted octanol–water partition coefficient (Wildman–Crippen LogP) is 4.55. The van der Waals surface area contributed by atoms with E-state index in [1.165, 1.54) is 22.2 Å².